The number of ether oxygens (including phenoxy) is 1. The molecule has 1 fully saturated rings. The van der Waals surface area contributed by atoms with Crippen molar-refractivity contribution in [3.8, 4) is 21.8 Å². The Balaban J connectivity index is 1.54. The normalized spacial score (nSPS) is 15.8. The highest BCUT2D eigenvalue weighted by Crippen LogP contribution is 2.45. The van der Waals surface area contributed by atoms with Gasteiger partial charge >= 0.3 is 12.0 Å². The Bertz CT molecular complexity index is 1290. The number of rotatable bonds is 5. The summed E-state index contributed by atoms with van der Waals surface area (Å²) in [6.07, 6.45) is 0. The largest absolute Gasteiger partial charge is 0.462 e. The van der Waals surface area contributed by atoms with Gasteiger partial charge in [0.05, 0.1) is 34.0 Å². The number of anilines is 1. The SMILES string of the molecule is CCOC(=O)c1ccc(-c2[nH]nc3c2C(=O)c2c-3cccc2N(C(N)=O)N2CCN(C)CC2)s1. The fourth-order valence-corrected chi connectivity index (χ4v) is 5.31. The summed E-state index contributed by atoms with van der Waals surface area (Å²) in [6, 6.07) is 8.14. The summed E-state index contributed by atoms with van der Waals surface area (Å²) < 4.78 is 5.07. The maximum atomic E-state index is 13.7. The van der Waals surface area contributed by atoms with Gasteiger partial charge in [-0.2, -0.15) is 5.10 Å². The van der Waals surface area contributed by atoms with Crippen LogP contribution in [0.25, 0.3) is 21.8 Å². The van der Waals surface area contributed by atoms with Crippen LogP contribution in [0.15, 0.2) is 30.3 Å². The molecule has 0 radical (unpaired) electrons. The maximum Gasteiger partial charge on any atom is 0.348 e. The van der Waals surface area contributed by atoms with E-state index in [4.69, 9.17) is 10.5 Å². The van der Waals surface area contributed by atoms with E-state index in [2.05, 4.69) is 15.1 Å². The van der Waals surface area contributed by atoms with Gasteiger partial charge in [0.15, 0.2) is 5.78 Å². The summed E-state index contributed by atoms with van der Waals surface area (Å²) in [4.78, 5) is 41.7. The number of amides is 2. The molecule has 5 rings (SSSR count). The van der Waals surface area contributed by atoms with E-state index in [1.807, 2.05) is 18.1 Å². The van der Waals surface area contributed by atoms with Gasteiger partial charge < -0.3 is 15.4 Å². The summed E-state index contributed by atoms with van der Waals surface area (Å²) in [5, 5.41) is 10.6. The number of nitrogens with two attached hydrogens (primary N) is 1. The molecule has 0 unspecified atom stereocenters. The molecule has 0 spiro atoms. The number of nitrogens with one attached hydrogen (secondary N) is 1. The predicted octanol–water partition coefficient (Wildman–Crippen LogP) is 2.57. The highest BCUT2D eigenvalue weighted by molar-refractivity contribution is 7.17. The van der Waals surface area contributed by atoms with Gasteiger partial charge in [-0.25, -0.2) is 19.6 Å². The van der Waals surface area contributed by atoms with E-state index >= 15 is 0 Å². The summed E-state index contributed by atoms with van der Waals surface area (Å²) in [6.45, 7) is 4.81. The zero-order valence-electron chi connectivity index (χ0n) is 18.8. The number of ketones is 1. The van der Waals surface area contributed by atoms with Crippen LogP contribution in [0.3, 0.4) is 0 Å². The molecule has 34 heavy (non-hydrogen) atoms. The molecule has 0 atom stereocenters. The van der Waals surface area contributed by atoms with Crippen LogP contribution in [0.5, 0.6) is 0 Å². The Kier molecular flexibility index (Phi) is 5.68. The monoisotopic (exact) mass is 480 g/mol. The van der Waals surface area contributed by atoms with Gasteiger partial charge in [0.2, 0.25) is 0 Å². The molecule has 0 bridgehead atoms. The number of urea groups is 1. The minimum absolute atomic E-state index is 0.240. The molecule has 2 aromatic heterocycles. The number of thiophene rings is 1. The third-order valence-electron chi connectivity index (χ3n) is 6.05. The van der Waals surface area contributed by atoms with Crippen LogP contribution in [0, 0.1) is 0 Å². The molecule has 1 aliphatic heterocycles. The first kappa shape index (κ1) is 22.3. The molecule has 3 aromatic rings. The van der Waals surface area contributed by atoms with Gasteiger partial charge in [-0.1, -0.05) is 12.1 Å². The molecule has 3 N–H and O–H groups in total. The number of carbonyl (C=O) groups is 3. The molecule has 10 nitrogen and oxygen atoms in total. The van der Waals surface area contributed by atoms with Gasteiger partial charge in [-0.15, -0.1) is 11.3 Å². The number of hydrogen-bond donors (Lipinski definition) is 2. The number of H-pyrrole nitrogens is 1. The number of aromatic amines is 1. The lowest BCUT2D eigenvalue weighted by Crippen LogP contribution is -2.56. The first-order chi connectivity index (χ1) is 16.4. The fourth-order valence-electron chi connectivity index (χ4n) is 4.40. The van der Waals surface area contributed by atoms with Gasteiger partial charge in [0.1, 0.15) is 10.6 Å². The number of aromatic nitrogens is 2. The number of hydrazine groups is 1. The van der Waals surface area contributed by atoms with Crippen molar-refractivity contribution in [3.63, 3.8) is 0 Å². The molecule has 2 amide bonds. The van der Waals surface area contributed by atoms with Gasteiger partial charge in [0.25, 0.3) is 0 Å². The standard InChI is InChI=1S/C23H24N6O4S/c1-3-33-22(31)16-8-7-15(34-16)20-18-19(25-26-20)13-5-4-6-14(17(13)21(18)30)29(23(24)32)28-11-9-27(2)10-12-28/h4-8H,3,9-12H2,1-2H3,(H2,24,32)(H,25,26). The summed E-state index contributed by atoms with van der Waals surface area (Å²) in [5.41, 5.74) is 8.75. The zero-order valence-corrected chi connectivity index (χ0v) is 19.6. The van der Waals surface area contributed by atoms with E-state index in [-0.39, 0.29) is 12.4 Å². The van der Waals surface area contributed by atoms with Crippen LogP contribution in [-0.2, 0) is 4.74 Å². The van der Waals surface area contributed by atoms with Crippen LogP contribution in [0.1, 0.15) is 32.5 Å². The molecule has 3 heterocycles. The Morgan fingerprint density at radius 3 is 2.65 bits per heavy atom. The Morgan fingerprint density at radius 1 is 1.18 bits per heavy atom. The summed E-state index contributed by atoms with van der Waals surface area (Å²) >= 11 is 1.23. The van der Waals surface area contributed by atoms with Crippen molar-refractivity contribution in [2.45, 2.75) is 6.92 Å². The number of benzene rings is 1. The average Bonchev–Trinajstić information content (AvgIpc) is 3.52. The lowest BCUT2D eigenvalue weighted by Gasteiger charge is -2.39. The summed E-state index contributed by atoms with van der Waals surface area (Å²) in [5.74, 6) is -0.646. The molecule has 0 saturated carbocycles. The second kappa shape index (κ2) is 8.67. The predicted molar refractivity (Wildman–Crippen MR) is 128 cm³/mol. The molecular formula is C23H24N6O4S. The van der Waals surface area contributed by atoms with Crippen molar-refractivity contribution in [1.82, 2.24) is 20.1 Å². The zero-order chi connectivity index (χ0) is 24.0. The molecule has 1 saturated heterocycles. The van der Waals surface area contributed by atoms with E-state index in [0.717, 1.165) is 13.1 Å². The maximum absolute atomic E-state index is 13.7. The molecule has 1 aliphatic carbocycles. The number of likely N-dealkylation sites (N-methyl/N-ethyl adjacent to an activating group) is 1. The molecule has 1 aromatic carbocycles. The third kappa shape index (κ3) is 3.58. The van der Waals surface area contributed by atoms with Gasteiger partial charge in [-0.3, -0.25) is 9.89 Å². The molecule has 176 valence electrons. The quantitative estimate of drug-likeness (QED) is 0.421. The van der Waals surface area contributed by atoms with Crippen molar-refractivity contribution >= 4 is 34.8 Å². The van der Waals surface area contributed by atoms with Crippen LogP contribution >= 0.6 is 11.3 Å². The number of fused-ring (bicyclic) bond motifs is 3. The second-order valence-corrected chi connectivity index (χ2v) is 9.23. The Morgan fingerprint density at radius 2 is 1.94 bits per heavy atom. The third-order valence-corrected chi connectivity index (χ3v) is 7.13. The van der Waals surface area contributed by atoms with Crippen LogP contribution < -0.4 is 10.7 Å². The Hall–Kier alpha value is -3.54. The smallest absolute Gasteiger partial charge is 0.348 e. The summed E-state index contributed by atoms with van der Waals surface area (Å²) in [7, 11) is 2.02. The van der Waals surface area contributed by atoms with Crippen molar-refractivity contribution < 1.29 is 19.1 Å². The number of primary amides is 1. The van der Waals surface area contributed by atoms with E-state index in [0.29, 0.717) is 56.6 Å². The fraction of sp³-hybridized carbons (Fsp3) is 0.304. The van der Waals surface area contributed by atoms with E-state index in [1.165, 1.54) is 16.3 Å². The highest BCUT2D eigenvalue weighted by Gasteiger charge is 2.38. The first-order valence-electron chi connectivity index (χ1n) is 11.0. The van der Waals surface area contributed by atoms with Crippen molar-refractivity contribution in [2.75, 3.05) is 44.8 Å². The molecule has 2 aliphatic rings. The number of hydrogen-bond acceptors (Lipinski definition) is 8. The molecular weight excluding hydrogens is 456 g/mol. The Labute approximate surface area is 199 Å². The van der Waals surface area contributed by atoms with Crippen molar-refractivity contribution in [3.05, 3.63) is 46.3 Å². The van der Waals surface area contributed by atoms with Crippen LogP contribution in [0.4, 0.5) is 10.5 Å². The van der Waals surface area contributed by atoms with E-state index in [1.54, 1.807) is 31.2 Å². The number of nitrogens with zero attached hydrogens (tertiary/aromatic N) is 4. The van der Waals surface area contributed by atoms with E-state index in [9.17, 15) is 14.4 Å². The lowest BCUT2D eigenvalue weighted by molar-refractivity contribution is 0.0532. The average molecular weight is 481 g/mol. The lowest BCUT2D eigenvalue weighted by atomic mass is 10.1. The minimum atomic E-state index is -0.644. The minimum Gasteiger partial charge on any atom is -0.462 e. The van der Waals surface area contributed by atoms with E-state index < -0.39 is 12.0 Å². The van der Waals surface area contributed by atoms with Crippen molar-refractivity contribution in [1.29, 1.82) is 0 Å². The van der Waals surface area contributed by atoms with Crippen LogP contribution in [-0.4, -0.2) is 77.7 Å². The van der Waals surface area contributed by atoms with Gasteiger partial charge in [-0.05, 0) is 32.2 Å². The number of carbonyl (C=O) groups excluding carboxylic acids is 3. The highest BCUT2D eigenvalue weighted by atomic mass is 32.1. The van der Waals surface area contributed by atoms with Crippen molar-refractivity contribution in [2.24, 2.45) is 5.73 Å². The van der Waals surface area contributed by atoms with Crippen LogP contribution in [0.2, 0.25) is 0 Å². The van der Waals surface area contributed by atoms with Gasteiger partial charge in [0, 0.05) is 31.7 Å². The second-order valence-electron chi connectivity index (χ2n) is 8.14. The number of esters is 1. The first-order valence-corrected chi connectivity index (χ1v) is 11.8. The molecule has 11 heteroatoms. The topological polar surface area (TPSA) is 125 Å². The number of piperazine rings is 1.